The van der Waals surface area contributed by atoms with Crippen LogP contribution in [0.2, 0.25) is 0 Å². The predicted molar refractivity (Wildman–Crippen MR) is 180 cm³/mol. The number of rotatable bonds is 9. The normalized spacial score (nSPS) is 12.4. The van der Waals surface area contributed by atoms with E-state index >= 15 is 0 Å². The number of fused-ring (bicyclic) bond motifs is 1. The number of anilines is 1. The highest BCUT2D eigenvalue weighted by Gasteiger charge is 2.27. The summed E-state index contributed by atoms with van der Waals surface area (Å²) in [6, 6.07) is 34.2. The molecule has 6 rings (SSSR count). The van der Waals surface area contributed by atoms with Crippen LogP contribution in [0, 0.1) is 0 Å². The van der Waals surface area contributed by atoms with Gasteiger partial charge in [0.05, 0.1) is 11.3 Å². The lowest BCUT2D eigenvalue weighted by Crippen LogP contribution is -2.20. The van der Waals surface area contributed by atoms with Gasteiger partial charge in [0.15, 0.2) is 0 Å². The lowest BCUT2D eigenvalue weighted by atomic mass is 9.90. The SMILES string of the molecule is CCc1oc2ccccc2c1-c1cn(C)c(C(Nc2c(C(C)C)cccc2C(C)C)c2ccccc2-c2ccccc2)n1. The summed E-state index contributed by atoms with van der Waals surface area (Å²) in [6.07, 6.45) is 2.96. The minimum Gasteiger partial charge on any atom is -0.460 e. The van der Waals surface area contributed by atoms with Gasteiger partial charge in [-0.3, -0.25) is 0 Å². The van der Waals surface area contributed by atoms with E-state index in [-0.39, 0.29) is 6.04 Å². The Kier molecular flexibility index (Phi) is 7.94. The van der Waals surface area contributed by atoms with Crippen molar-refractivity contribution in [2.24, 2.45) is 7.05 Å². The number of imidazole rings is 1. The van der Waals surface area contributed by atoms with Crippen LogP contribution >= 0.6 is 0 Å². The molecule has 4 heteroatoms. The van der Waals surface area contributed by atoms with Gasteiger partial charge in [0, 0.05) is 30.7 Å². The minimum atomic E-state index is -0.198. The first kappa shape index (κ1) is 28.5. The molecule has 2 aromatic heterocycles. The Bertz CT molecular complexity index is 1830. The van der Waals surface area contributed by atoms with E-state index in [9.17, 15) is 0 Å². The Morgan fingerprint density at radius 1 is 0.744 bits per heavy atom. The number of nitrogens with zero attached hydrogens (tertiary/aromatic N) is 2. The van der Waals surface area contributed by atoms with Crippen LogP contribution in [-0.2, 0) is 13.5 Å². The van der Waals surface area contributed by atoms with Crippen LogP contribution in [0.1, 0.15) is 80.8 Å². The van der Waals surface area contributed by atoms with Crippen LogP contribution in [-0.4, -0.2) is 9.55 Å². The van der Waals surface area contributed by atoms with Gasteiger partial charge in [-0.05, 0) is 45.7 Å². The second kappa shape index (κ2) is 12.0. The predicted octanol–water partition coefficient (Wildman–Crippen LogP) is 10.5. The first-order valence-electron chi connectivity index (χ1n) is 15.4. The number of benzene rings is 4. The molecule has 1 atom stereocenters. The number of aromatic nitrogens is 2. The number of hydrogen-bond donors (Lipinski definition) is 1. The third-order valence-corrected chi connectivity index (χ3v) is 8.43. The Hall–Kier alpha value is -4.57. The maximum Gasteiger partial charge on any atom is 0.136 e. The van der Waals surface area contributed by atoms with Crippen LogP contribution in [0.25, 0.3) is 33.4 Å². The van der Waals surface area contributed by atoms with Crippen molar-refractivity contribution in [2.45, 2.75) is 58.9 Å². The van der Waals surface area contributed by atoms with Crippen LogP contribution in [0.5, 0.6) is 0 Å². The summed E-state index contributed by atoms with van der Waals surface area (Å²) >= 11 is 0. The van der Waals surface area contributed by atoms with E-state index in [0.29, 0.717) is 11.8 Å². The van der Waals surface area contributed by atoms with Crippen molar-refractivity contribution in [1.29, 1.82) is 0 Å². The zero-order valence-corrected chi connectivity index (χ0v) is 26.1. The van der Waals surface area contributed by atoms with E-state index in [1.165, 1.54) is 33.5 Å². The molecule has 1 N–H and O–H groups in total. The molecule has 0 aliphatic rings. The topological polar surface area (TPSA) is 43.0 Å². The van der Waals surface area contributed by atoms with Crippen molar-refractivity contribution < 1.29 is 4.42 Å². The second-order valence-corrected chi connectivity index (χ2v) is 12.0. The summed E-state index contributed by atoms with van der Waals surface area (Å²) in [5.74, 6) is 2.66. The molecule has 0 aliphatic heterocycles. The summed E-state index contributed by atoms with van der Waals surface area (Å²) in [6.45, 7) is 11.2. The molecule has 0 spiro atoms. The van der Waals surface area contributed by atoms with Gasteiger partial charge in [0.1, 0.15) is 23.2 Å². The molecule has 218 valence electrons. The molecule has 4 aromatic carbocycles. The zero-order chi connectivity index (χ0) is 30.1. The molecule has 0 saturated carbocycles. The van der Waals surface area contributed by atoms with Gasteiger partial charge in [0.25, 0.3) is 0 Å². The van der Waals surface area contributed by atoms with Crippen LogP contribution < -0.4 is 5.32 Å². The average molecular weight is 568 g/mol. The highest BCUT2D eigenvalue weighted by atomic mass is 16.3. The number of para-hydroxylation sites is 2. The fraction of sp³-hybridized carbons (Fsp3) is 0.256. The number of nitrogens with one attached hydrogen (secondary N) is 1. The molecule has 0 bridgehead atoms. The fourth-order valence-corrected chi connectivity index (χ4v) is 6.27. The third kappa shape index (κ3) is 5.38. The van der Waals surface area contributed by atoms with Gasteiger partial charge >= 0.3 is 0 Å². The first-order valence-corrected chi connectivity index (χ1v) is 15.4. The largest absolute Gasteiger partial charge is 0.460 e. The number of aryl methyl sites for hydroxylation is 2. The van der Waals surface area contributed by atoms with E-state index in [0.717, 1.165) is 40.2 Å². The Morgan fingerprint density at radius 2 is 1.37 bits per heavy atom. The average Bonchev–Trinajstić information content (AvgIpc) is 3.59. The Morgan fingerprint density at radius 3 is 2.07 bits per heavy atom. The summed E-state index contributed by atoms with van der Waals surface area (Å²) in [5.41, 5.74) is 10.3. The molecule has 4 nitrogen and oxygen atoms in total. The second-order valence-electron chi connectivity index (χ2n) is 12.0. The molecule has 0 radical (unpaired) electrons. The van der Waals surface area contributed by atoms with Crippen molar-refractivity contribution >= 4 is 16.7 Å². The van der Waals surface area contributed by atoms with E-state index in [2.05, 4.69) is 143 Å². The van der Waals surface area contributed by atoms with E-state index < -0.39 is 0 Å². The Balaban J connectivity index is 1.58. The van der Waals surface area contributed by atoms with Gasteiger partial charge in [-0.15, -0.1) is 0 Å². The summed E-state index contributed by atoms with van der Waals surface area (Å²) in [7, 11) is 2.11. The Labute approximate surface area is 255 Å². The smallest absolute Gasteiger partial charge is 0.136 e. The zero-order valence-electron chi connectivity index (χ0n) is 26.1. The van der Waals surface area contributed by atoms with Crippen molar-refractivity contribution in [2.75, 3.05) is 5.32 Å². The third-order valence-electron chi connectivity index (χ3n) is 8.43. The summed E-state index contributed by atoms with van der Waals surface area (Å²) in [4.78, 5) is 5.41. The van der Waals surface area contributed by atoms with Crippen molar-refractivity contribution in [3.8, 4) is 22.4 Å². The molecule has 2 heterocycles. The first-order chi connectivity index (χ1) is 20.9. The number of hydrogen-bond acceptors (Lipinski definition) is 3. The molecule has 0 saturated heterocycles. The van der Waals surface area contributed by atoms with Crippen molar-refractivity contribution in [3.63, 3.8) is 0 Å². The van der Waals surface area contributed by atoms with Crippen LogP contribution in [0.4, 0.5) is 5.69 Å². The van der Waals surface area contributed by atoms with Crippen LogP contribution in [0.3, 0.4) is 0 Å². The highest BCUT2D eigenvalue weighted by molar-refractivity contribution is 5.94. The van der Waals surface area contributed by atoms with Gasteiger partial charge in [-0.1, -0.05) is 126 Å². The molecule has 6 aromatic rings. The minimum absolute atomic E-state index is 0.198. The summed E-state index contributed by atoms with van der Waals surface area (Å²) in [5, 5.41) is 5.18. The molecule has 1 unspecified atom stereocenters. The van der Waals surface area contributed by atoms with Gasteiger partial charge in [-0.2, -0.15) is 0 Å². The van der Waals surface area contributed by atoms with E-state index in [1.54, 1.807) is 0 Å². The highest BCUT2D eigenvalue weighted by Crippen LogP contribution is 2.41. The van der Waals surface area contributed by atoms with E-state index in [1.807, 2.05) is 12.1 Å². The van der Waals surface area contributed by atoms with Gasteiger partial charge < -0.3 is 14.3 Å². The molecule has 0 amide bonds. The summed E-state index contributed by atoms with van der Waals surface area (Å²) < 4.78 is 8.47. The maximum absolute atomic E-state index is 6.29. The van der Waals surface area contributed by atoms with E-state index in [4.69, 9.17) is 9.40 Å². The van der Waals surface area contributed by atoms with Crippen molar-refractivity contribution in [1.82, 2.24) is 9.55 Å². The van der Waals surface area contributed by atoms with Crippen LogP contribution in [0.15, 0.2) is 108 Å². The quantitative estimate of drug-likeness (QED) is 0.189. The number of furan rings is 1. The molecular formula is C39H41N3O. The monoisotopic (exact) mass is 567 g/mol. The lowest BCUT2D eigenvalue weighted by molar-refractivity contribution is 0.558. The molecule has 0 fully saturated rings. The lowest BCUT2D eigenvalue weighted by Gasteiger charge is -2.28. The maximum atomic E-state index is 6.29. The molecule has 43 heavy (non-hydrogen) atoms. The molecule has 0 aliphatic carbocycles. The fourth-order valence-electron chi connectivity index (χ4n) is 6.27. The van der Waals surface area contributed by atoms with Gasteiger partial charge in [-0.25, -0.2) is 4.98 Å². The molecular weight excluding hydrogens is 526 g/mol. The standard InChI is InChI=1S/C39H41N3O/c1-7-34-36(32-20-13-14-23-35(32)43-34)33-24-42(6)39(40-33)38(31-19-12-11-18-30(31)27-16-9-8-10-17-27)41-37-28(25(2)3)21-15-22-29(37)26(4)5/h8-26,38,41H,7H2,1-6H3. The van der Waals surface area contributed by atoms with Crippen molar-refractivity contribution in [3.05, 3.63) is 132 Å². The van der Waals surface area contributed by atoms with Gasteiger partial charge in [0.2, 0.25) is 0 Å².